The molecule has 3 rings (SSSR count). The first-order chi connectivity index (χ1) is 6.78. The van der Waals surface area contributed by atoms with Crippen molar-refractivity contribution < 1.29 is 14.3 Å². The molecular formula is C11H16O3. The summed E-state index contributed by atoms with van der Waals surface area (Å²) in [5, 5.41) is 0. The van der Waals surface area contributed by atoms with E-state index >= 15 is 0 Å². The Morgan fingerprint density at radius 3 is 2.93 bits per heavy atom. The third-order valence-corrected chi connectivity index (χ3v) is 4.26. The molecule has 14 heavy (non-hydrogen) atoms. The summed E-state index contributed by atoms with van der Waals surface area (Å²) in [5.74, 6) is 1.31. The maximum absolute atomic E-state index is 11.3. The van der Waals surface area contributed by atoms with Crippen LogP contribution in [0.4, 0.5) is 0 Å². The molecule has 78 valence electrons. The van der Waals surface area contributed by atoms with Crippen LogP contribution in [0.2, 0.25) is 0 Å². The van der Waals surface area contributed by atoms with Crippen LogP contribution in [-0.2, 0) is 14.3 Å². The largest absolute Gasteiger partial charge is 0.467 e. The van der Waals surface area contributed by atoms with Gasteiger partial charge in [0.2, 0.25) is 0 Å². The first-order valence-corrected chi connectivity index (χ1v) is 5.53. The van der Waals surface area contributed by atoms with Crippen LogP contribution in [0.3, 0.4) is 0 Å². The van der Waals surface area contributed by atoms with E-state index < -0.39 is 0 Å². The average Bonchev–Trinajstić information content (AvgIpc) is 2.93. The van der Waals surface area contributed by atoms with Gasteiger partial charge in [0, 0.05) is 0 Å². The molecule has 4 unspecified atom stereocenters. The monoisotopic (exact) mass is 196 g/mol. The number of hydrogen-bond donors (Lipinski definition) is 0. The standard InChI is InChI=1S/C11H16O3/c1-13-10(12)9-11(14-9)6-7-4-2-3-5-8(7)11/h7-9H,2-6H2,1H3. The smallest absolute Gasteiger partial charge is 0.338 e. The zero-order valence-electron chi connectivity index (χ0n) is 8.49. The van der Waals surface area contributed by atoms with Crippen molar-refractivity contribution in [2.75, 3.05) is 7.11 Å². The fourth-order valence-corrected chi connectivity index (χ4v) is 3.47. The molecule has 0 aromatic rings. The fraction of sp³-hybridized carbons (Fsp3) is 0.909. The van der Waals surface area contributed by atoms with Crippen molar-refractivity contribution >= 4 is 5.97 Å². The molecule has 3 heteroatoms. The second-order valence-corrected chi connectivity index (χ2v) is 4.83. The van der Waals surface area contributed by atoms with E-state index in [2.05, 4.69) is 0 Å². The lowest BCUT2D eigenvalue weighted by molar-refractivity contribution is -0.142. The highest BCUT2D eigenvalue weighted by Crippen LogP contribution is 2.64. The minimum absolute atomic E-state index is 0.0712. The molecule has 0 amide bonds. The van der Waals surface area contributed by atoms with E-state index in [0.717, 1.165) is 12.3 Å². The van der Waals surface area contributed by atoms with E-state index in [0.29, 0.717) is 5.92 Å². The quantitative estimate of drug-likeness (QED) is 0.471. The molecule has 3 nitrogen and oxygen atoms in total. The molecule has 0 N–H and O–H groups in total. The molecule has 0 aromatic carbocycles. The van der Waals surface area contributed by atoms with Crippen LogP contribution in [0.5, 0.6) is 0 Å². The van der Waals surface area contributed by atoms with Gasteiger partial charge in [0.25, 0.3) is 0 Å². The fourth-order valence-electron chi connectivity index (χ4n) is 3.47. The number of hydrogen-bond acceptors (Lipinski definition) is 3. The van der Waals surface area contributed by atoms with Crippen molar-refractivity contribution in [2.45, 2.75) is 43.8 Å². The van der Waals surface area contributed by atoms with E-state index in [1.165, 1.54) is 32.8 Å². The minimum atomic E-state index is -0.230. The lowest BCUT2D eigenvalue weighted by Crippen LogP contribution is -2.49. The number of esters is 1. The number of ether oxygens (including phenoxy) is 2. The topological polar surface area (TPSA) is 38.8 Å². The SMILES string of the molecule is COC(=O)C1OC12CC1CCCCC12. The average molecular weight is 196 g/mol. The number of fused-ring (bicyclic) bond motifs is 2. The van der Waals surface area contributed by atoms with Crippen LogP contribution in [0.25, 0.3) is 0 Å². The van der Waals surface area contributed by atoms with Gasteiger partial charge < -0.3 is 9.47 Å². The first-order valence-electron chi connectivity index (χ1n) is 5.53. The summed E-state index contributed by atoms with van der Waals surface area (Å²) >= 11 is 0. The Hall–Kier alpha value is -0.570. The summed E-state index contributed by atoms with van der Waals surface area (Å²) in [4.78, 5) is 11.3. The summed E-state index contributed by atoms with van der Waals surface area (Å²) in [6.07, 6.45) is 6.12. The summed E-state index contributed by atoms with van der Waals surface area (Å²) < 4.78 is 10.3. The van der Waals surface area contributed by atoms with Crippen LogP contribution in [0.15, 0.2) is 0 Å². The van der Waals surface area contributed by atoms with Crippen LogP contribution < -0.4 is 0 Å². The van der Waals surface area contributed by atoms with Gasteiger partial charge in [0.1, 0.15) is 5.60 Å². The van der Waals surface area contributed by atoms with Crippen molar-refractivity contribution in [1.82, 2.24) is 0 Å². The second-order valence-electron chi connectivity index (χ2n) is 4.83. The molecule has 1 heterocycles. The molecule has 4 atom stereocenters. The van der Waals surface area contributed by atoms with Gasteiger partial charge in [0.15, 0.2) is 6.10 Å². The maximum atomic E-state index is 11.3. The molecular weight excluding hydrogens is 180 g/mol. The van der Waals surface area contributed by atoms with Crippen LogP contribution in [0.1, 0.15) is 32.1 Å². The second kappa shape index (κ2) is 2.72. The third-order valence-electron chi connectivity index (χ3n) is 4.26. The Morgan fingerprint density at radius 2 is 2.21 bits per heavy atom. The predicted molar refractivity (Wildman–Crippen MR) is 49.7 cm³/mol. The molecule has 1 aliphatic heterocycles. The molecule has 2 saturated carbocycles. The number of epoxide rings is 1. The van der Waals surface area contributed by atoms with Gasteiger partial charge >= 0.3 is 5.97 Å². The van der Waals surface area contributed by atoms with E-state index in [1.54, 1.807) is 0 Å². The predicted octanol–water partition coefficient (Wildman–Crippen LogP) is 1.51. The van der Waals surface area contributed by atoms with Crippen LogP contribution in [-0.4, -0.2) is 24.8 Å². The lowest BCUT2D eigenvalue weighted by Gasteiger charge is -2.46. The minimum Gasteiger partial charge on any atom is -0.467 e. The number of carbonyl (C=O) groups excluding carboxylic acids is 1. The van der Waals surface area contributed by atoms with E-state index in [9.17, 15) is 4.79 Å². The summed E-state index contributed by atoms with van der Waals surface area (Å²) in [6, 6.07) is 0. The molecule has 0 bridgehead atoms. The van der Waals surface area contributed by atoms with E-state index in [-0.39, 0.29) is 17.7 Å². The molecule has 1 spiro atoms. The maximum Gasteiger partial charge on any atom is 0.338 e. The van der Waals surface area contributed by atoms with Gasteiger partial charge in [-0.3, -0.25) is 0 Å². The molecule has 0 aromatic heterocycles. The summed E-state index contributed by atoms with van der Waals surface area (Å²) in [5.41, 5.74) is -0.0712. The van der Waals surface area contributed by atoms with Crippen molar-refractivity contribution in [3.05, 3.63) is 0 Å². The van der Waals surface area contributed by atoms with Gasteiger partial charge in [-0.25, -0.2) is 4.79 Å². The van der Waals surface area contributed by atoms with Crippen molar-refractivity contribution in [1.29, 1.82) is 0 Å². The Kier molecular flexibility index (Phi) is 1.69. The van der Waals surface area contributed by atoms with Crippen LogP contribution in [0, 0.1) is 11.8 Å². The normalized spacial score (nSPS) is 49.4. The molecule has 1 saturated heterocycles. The van der Waals surface area contributed by atoms with Crippen molar-refractivity contribution in [3.63, 3.8) is 0 Å². The third kappa shape index (κ3) is 0.937. The van der Waals surface area contributed by atoms with Gasteiger partial charge in [-0.15, -0.1) is 0 Å². The number of methoxy groups -OCH3 is 1. The summed E-state index contributed by atoms with van der Waals surface area (Å²) in [6.45, 7) is 0. The highest BCUT2D eigenvalue weighted by molar-refractivity contribution is 5.79. The molecule has 2 aliphatic carbocycles. The Labute approximate surface area is 83.8 Å². The van der Waals surface area contributed by atoms with Crippen molar-refractivity contribution in [3.8, 4) is 0 Å². The molecule has 3 fully saturated rings. The lowest BCUT2D eigenvalue weighted by atomic mass is 9.57. The Balaban J connectivity index is 1.69. The molecule has 0 radical (unpaired) electrons. The highest BCUT2D eigenvalue weighted by Gasteiger charge is 2.73. The summed E-state index contributed by atoms with van der Waals surface area (Å²) in [7, 11) is 1.44. The number of carbonyl (C=O) groups is 1. The van der Waals surface area contributed by atoms with Gasteiger partial charge in [-0.2, -0.15) is 0 Å². The first kappa shape index (κ1) is 8.72. The van der Waals surface area contributed by atoms with Gasteiger partial charge in [-0.1, -0.05) is 12.8 Å². The highest BCUT2D eigenvalue weighted by atomic mass is 16.7. The van der Waals surface area contributed by atoms with Crippen LogP contribution >= 0.6 is 0 Å². The van der Waals surface area contributed by atoms with Gasteiger partial charge in [0.05, 0.1) is 7.11 Å². The molecule has 3 aliphatic rings. The number of rotatable bonds is 1. The van der Waals surface area contributed by atoms with E-state index in [1.807, 2.05) is 0 Å². The zero-order chi connectivity index (χ0) is 9.76. The Morgan fingerprint density at radius 1 is 1.43 bits per heavy atom. The van der Waals surface area contributed by atoms with Gasteiger partial charge in [-0.05, 0) is 31.1 Å². The van der Waals surface area contributed by atoms with Crippen molar-refractivity contribution in [2.24, 2.45) is 11.8 Å². The van der Waals surface area contributed by atoms with E-state index in [4.69, 9.17) is 9.47 Å². The zero-order valence-corrected chi connectivity index (χ0v) is 8.49. The Bertz CT molecular complexity index is 276.